The molecule has 0 saturated heterocycles. The Kier molecular flexibility index (Phi) is 6.40. The summed E-state index contributed by atoms with van der Waals surface area (Å²) in [6.45, 7) is 4.35. The van der Waals surface area contributed by atoms with E-state index in [0.29, 0.717) is 19.5 Å². The Morgan fingerprint density at radius 3 is 2.47 bits per heavy atom. The Hall–Kier alpha value is -0.710. The molecule has 0 aliphatic heterocycles. The zero-order valence-electron chi connectivity index (χ0n) is 10.0. The first-order chi connectivity index (χ1) is 8.17. The third-order valence-electron chi connectivity index (χ3n) is 2.68. The van der Waals surface area contributed by atoms with Gasteiger partial charge in [0.1, 0.15) is 0 Å². The Morgan fingerprint density at radius 1 is 1.29 bits per heavy atom. The second-order valence-electron chi connectivity index (χ2n) is 3.84. The summed E-state index contributed by atoms with van der Waals surface area (Å²) in [5.41, 5.74) is 0.744. The molecule has 0 radical (unpaired) electrons. The Bertz CT molecular complexity index is 351. The molecule has 0 amide bonds. The van der Waals surface area contributed by atoms with Crippen LogP contribution in [0, 0.1) is 0 Å². The van der Waals surface area contributed by atoms with Gasteiger partial charge >= 0.3 is 0 Å². The van der Waals surface area contributed by atoms with Crippen molar-refractivity contribution in [3.05, 3.63) is 34.3 Å². The summed E-state index contributed by atoms with van der Waals surface area (Å²) in [5.74, 6) is 0.147. The number of halogens is 1. The fourth-order valence-corrected chi connectivity index (χ4v) is 1.87. The summed E-state index contributed by atoms with van der Waals surface area (Å²) < 4.78 is 0.976. The summed E-state index contributed by atoms with van der Waals surface area (Å²) in [5, 5.41) is 8.85. The minimum Gasteiger partial charge on any atom is -0.395 e. The Labute approximate surface area is 111 Å². The molecule has 1 aromatic carbocycles. The van der Waals surface area contributed by atoms with Gasteiger partial charge in [-0.3, -0.25) is 4.79 Å². The number of benzene rings is 1. The van der Waals surface area contributed by atoms with Crippen molar-refractivity contribution in [3.8, 4) is 0 Å². The zero-order valence-corrected chi connectivity index (χ0v) is 11.6. The number of Topliss-reactive ketones (excluding diaryl/α,β-unsaturated/α-hetero) is 1. The zero-order chi connectivity index (χ0) is 12.7. The molecule has 0 aliphatic carbocycles. The molecule has 0 fully saturated rings. The predicted molar refractivity (Wildman–Crippen MR) is 72.3 cm³/mol. The van der Waals surface area contributed by atoms with E-state index in [0.717, 1.165) is 16.6 Å². The molecule has 0 unspecified atom stereocenters. The van der Waals surface area contributed by atoms with Gasteiger partial charge < -0.3 is 10.0 Å². The van der Waals surface area contributed by atoms with Crippen LogP contribution in [0.3, 0.4) is 0 Å². The molecule has 0 atom stereocenters. The largest absolute Gasteiger partial charge is 0.395 e. The number of carbonyl (C=O) groups excluding carboxylic acids is 1. The van der Waals surface area contributed by atoms with Crippen molar-refractivity contribution in [2.45, 2.75) is 13.3 Å². The van der Waals surface area contributed by atoms with Crippen LogP contribution < -0.4 is 0 Å². The van der Waals surface area contributed by atoms with E-state index in [-0.39, 0.29) is 12.4 Å². The van der Waals surface area contributed by atoms with Crippen LogP contribution in [0.2, 0.25) is 0 Å². The van der Waals surface area contributed by atoms with Crippen LogP contribution >= 0.6 is 15.9 Å². The molecule has 4 heteroatoms. The molecule has 1 N–H and O–H groups in total. The van der Waals surface area contributed by atoms with Gasteiger partial charge in [-0.25, -0.2) is 0 Å². The molecule has 1 aromatic rings. The average molecular weight is 300 g/mol. The van der Waals surface area contributed by atoms with Crippen LogP contribution in [0.15, 0.2) is 28.7 Å². The fourth-order valence-electron chi connectivity index (χ4n) is 1.61. The van der Waals surface area contributed by atoms with Gasteiger partial charge in [-0.1, -0.05) is 35.0 Å². The number of likely N-dealkylation sites (N-methyl/N-ethyl adjacent to an activating group) is 1. The van der Waals surface area contributed by atoms with Gasteiger partial charge in [0.05, 0.1) is 6.61 Å². The average Bonchev–Trinajstić information content (AvgIpc) is 2.35. The van der Waals surface area contributed by atoms with E-state index in [1.165, 1.54) is 0 Å². The van der Waals surface area contributed by atoms with Crippen molar-refractivity contribution < 1.29 is 9.90 Å². The van der Waals surface area contributed by atoms with Gasteiger partial charge in [0.15, 0.2) is 5.78 Å². The van der Waals surface area contributed by atoms with Crippen molar-refractivity contribution in [1.82, 2.24) is 4.90 Å². The fraction of sp³-hybridized carbons (Fsp3) is 0.462. The van der Waals surface area contributed by atoms with Crippen LogP contribution in [-0.4, -0.2) is 42.0 Å². The Morgan fingerprint density at radius 2 is 1.94 bits per heavy atom. The maximum Gasteiger partial charge on any atom is 0.164 e. The van der Waals surface area contributed by atoms with Crippen molar-refractivity contribution in [3.63, 3.8) is 0 Å². The highest BCUT2D eigenvalue weighted by Crippen LogP contribution is 2.12. The number of hydrogen-bond donors (Lipinski definition) is 1. The van der Waals surface area contributed by atoms with Gasteiger partial charge in [-0.2, -0.15) is 0 Å². The lowest BCUT2D eigenvalue weighted by Crippen LogP contribution is -2.29. The predicted octanol–water partition coefficient (Wildman–Crippen LogP) is 2.34. The standard InChI is InChI=1S/C13H18BrNO2/c1-2-15(9-10-16)8-7-13(17)11-3-5-12(14)6-4-11/h3-6,16H,2,7-10H2,1H3. The summed E-state index contributed by atoms with van der Waals surface area (Å²) in [4.78, 5) is 13.9. The number of nitrogens with zero attached hydrogens (tertiary/aromatic N) is 1. The first kappa shape index (κ1) is 14.4. The van der Waals surface area contributed by atoms with E-state index < -0.39 is 0 Å². The molecular formula is C13H18BrNO2. The van der Waals surface area contributed by atoms with Crippen molar-refractivity contribution in [2.24, 2.45) is 0 Å². The third kappa shape index (κ3) is 4.98. The lowest BCUT2D eigenvalue weighted by atomic mass is 10.1. The van der Waals surface area contributed by atoms with E-state index in [4.69, 9.17) is 5.11 Å². The Balaban J connectivity index is 2.46. The van der Waals surface area contributed by atoms with E-state index >= 15 is 0 Å². The first-order valence-electron chi connectivity index (χ1n) is 5.79. The molecule has 3 nitrogen and oxygen atoms in total. The molecule has 94 valence electrons. The highest BCUT2D eigenvalue weighted by Gasteiger charge is 2.08. The van der Waals surface area contributed by atoms with Gasteiger partial charge in [-0.05, 0) is 18.7 Å². The van der Waals surface area contributed by atoms with Crippen LogP contribution in [0.4, 0.5) is 0 Å². The number of hydrogen-bond acceptors (Lipinski definition) is 3. The second kappa shape index (κ2) is 7.58. The topological polar surface area (TPSA) is 40.5 Å². The van der Waals surface area contributed by atoms with Crippen molar-refractivity contribution >= 4 is 21.7 Å². The summed E-state index contributed by atoms with van der Waals surface area (Å²) >= 11 is 3.34. The first-order valence-corrected chi connectivity index (χ1v) is 6.58. The van der Waals surface area contributed by atoms with Crippen LogP contribution in [0.25, 0.3) is 0 Å². The smallest absolute Gasteiger partial charge is 0.164 e. The van der Waals surface area contributed by atoms with Crippen LogP contribution in [0.1, 0.15) is 23.7 Å². The maximum atomic E-state index is 11.9. The lowest BCUT2D eigenvalue weighted by molar-refractivity contribution is 0.0959. The van der Waals surface area contributed by atoms with E-state index in [1.807, 2.05) is 31.2 Å². The lowest BCUT2D eigenvalue weighted by Gasteiger charge is -2.18. The van der Waals surface area contributed by atoms with E-state index in [2.05, 4.69) is 20.8 Å². The molecule has 0 aromatic heterocycles. The molecular weight excluding hydrogens is 282 g/mol. The van der Waals surface area contributed by atoms with Crippen molar-refractivity contribution in [1.29, 1.82) is 0 Å². The number of aliphatic hydroxyl groups is 1. The van der Waals surface area contributed by atoms with Gasteiger partial charge in [-0.15, -0.1) is 0 Å². The monoisotopic (exact) mass is 299 g/mol. The molecule has 0 bridgehead atoms. The third-order valence-corrected chi connectivity index (χ3v) is 3.21. The second-order valence-corrected chi connectivity index (χ2v) is 4.75. The van der Waals surface area contributed by atoms with E-state index in [1.54, 1.807) is 0 Å². The van der Waals surface area contributed by atoms with Gasteiger partial charge in [0, 0.05) is 29.5 Å². The summed E-state index contributed by atoms with van der Waals surface area (Å²) in [6, 6.07) is 7.40. The minimum atomic E-state index is 0.139. The van der Waals surface area contributed by atoms with Gasteiger partial charge in [0.2, 0.25) is 0 Å². The van der Waals surface area contributed by atoms with Crippen LogP contribution in [0.5, 0.6) is 0 Å². The van der Waals surface area contributed by atoms with E-state index in [9.17, 15) is 4.79 Å². The molecule has 0 saturated carbocycles. The minimum absolute atomic E-state index is 0.139. The highest BCUT2D eigenvalue weighted by atomic mass is 79.9. The molecule has 0 aliphatic rings. The summed E-state index contributed by atoms with van der Waals surface area (Å²) in [7, 11) is 0. The molecule has 1 rings (SSSR count). The highest BCUT2D eigenvalue weighted by molar-refractivity contribution is 9.10. The summed E-state index contributed by atoms with van der Waals surface area (Å²) in [6.07, 6.45) is 0.496. The van der Waals surface area contributed by atoms with Crippen LogP contribution in [-0.2, 0) is 0 Å². The van der Waals surface area contributed by atoms with Crippen molar-refractivity contribution in [2.75, 3.05) is 26.2 Å². The maximum absolute atomic E-state index is 11.9. The quantitative estimate of drug-likeness (QED) is 0.786. The number of carbonyl (C=O) groups is 1. The molecule has 0 spiro atoms. The normalized spacial score (nSPS) is 10.8. The molecule has 0 heterocycles. The number of rotatable bonds is 7. The SMILES string of the molecule is CCN(CCO)CCC(=O)c1ccc(Br)cc1. The number of ketones is 1. The molecule has 17 heavy (non-hydrogen) atoms. The number of aliphatic hydroxyl groups excluding tert-OH is 1. The van der Waals surface area contributed by atoms with Gasteiger partial charge in [0.25, 0.3) is 0 Å².